The Labute approximate surface area is 404 Å². The van der Waals surface area contributed by atoms with Gasteiger partial charge in [0, 0.05) is 67.5 Å². The van der Waals surface area contributed by atoms with Gasteiger partial charge in [-0.2, -0.15) is 0 Å². The highest BCUT2D eigenvalue weighted by atomic mass is 16.6. The molecule has 0 saturated heterocycles. The Morgan fingerprint density at radius 2 is 1.00 bits per heavy atom. The van der Waals surface area contributed by atoms with Gasteiger partial charge >= 0.3 is 24.1 Å². The van der Waals surface area contributed by atoms with Crippen molar-refractivity contribution in [1.82, 2.24) is 20.4 Å². The van der Waals surface area contributed by atoms with Crippen LogP contribution in [0.5, 0.6) is 0 Å². The third-order valence-electron chi connectivity index (χ3n) is 10.8. The normalized spacial score (nSPS) is 21.8. The second-order valence-corrected chi connectivity index (χ2v) is 16.7. The van der Waals surface area contributed by atoms with E-state index >= 15 is 0 Å². The van der Waals surface area contributed by atoms with Crippen molar-refractivity contribution in [3.8, 4) is 0 Å². The number of carboxylic acid groups (broad SMARTS) is 2. The van der Waals surface area contributed by atoms with Crippen molar-refractivity contribution in [2.45, 2.75) is 120 Å². The Kier molecular flexibility index (Phi) is 26.0. The number of nitrogens with zero attached hydrogens (tertiary/aromatic N) is 4. The third-order valence-corrected chi connectivity index (χ3v) is 10.8. The van der Waals surface area contributed by atoms with E-state index in [1.807, 2.05) is 0 Å². The number of nitrogens with one attached hydrogen (secondary N) is 2. The van der Waals surface area contributed by atoms with E-state index in [0.29, 0.717) is 45.2 Å². The number of carboxylic acids is 2. The smallest absolute Gasteiger partial charge is 0.410 e. The Morgan fingerprint density at radius 1 is 0.657 bits per heavy atom. The zero-order valence-corrected chi connectivity index (χ0v) is 40.1. The number of amides is 4. The van der Waals surface area contributed by atoms with Gasteiger partial charge in [-0.25, -0.2) is 29.2 Å². The molecule has 28 heteroatoms. The number of aliphatic hydroxyl groups excluding tert-OH is 4. The molecule has 70 heavy (non-hydrogen) atoms. The number of aliphatic imine (C=N–C) groups is 2. The van der Waals surface area contributed by atoms with Gasteiger partial charge in [-0.15, -0.1) is 0 Å². The molecule has 0 unspecified atom stereocenters. The quantitative estimate of drug-likeness (QED) is 0.0190. The summed E-state index contributed by atoms with van der Waals surface area (Å²) in [7, 11) is 2.86. The Bertz CT molecular complexity index is 1720. The zero-order valence-electron chi connectivity index (χ0n) is 40.1. The van der Waals surface area contributed by atoms with Crippen LogP contribution in [-0.2, 0) is 47.6 Å². The van der Waals surface area contributed by atoms with Crippen LogP contribution in [0.1, 0.15) is 59.3 Å². The first kappa shape index (κ1) is 59.9. The number of rotatable bonds is 30. The van der Waals surface area contributed by atoms with Gasteiger partial charge in [0.05, 0.1) is 37.4 Å². The van der Waals surface area contributed by atoms with Crippen LogP contribution in [0.2, 0.25) is 0 Å². The molecule has 0 saturated carbocycles. The van der Waals surface area contributed by atoms with E-state index in [4.69, 9.17) is 51.4 Å². The molecule has 28 nitrogen and oxygen atoms in total. The van der Waals surface area contributed by atoms with Crippen molar-refractivity contribution in [3.05, 3.63) is 23.7 Å². The summed E-state index contributed by atoms with van der Waals surface area (Å²) in [4.78, 5) is 84.4. The molecule has 0 aliphatic carbocycles. The summed E-state index contributed by atoms with van der Waals surface area (Å²) in [6, 6.07) is -4.82. The lowest BCUT2D eigenvalue weighted by Crippen LogP contribution is -2.61. The molecule has 0 aromatic carbocycles. The predicted molar refractivity (Wildman–Crippen MR) is 246 cm³/mol. The molecule has 0 aromatic heterocycles. The molecular weight excluding hydrogens is 933 g/mol. The minimum Gasteiger partial charge on any atom is -0.477 e. The van der Waals surface area contributed by atoms with E-state index in [0.717, 1.165) is 37.8 Å². The minimum absolute atomic E-state index is 0.166. The lowest BCUT2D eigenvalue weighted by atomic mass is 9.92. The van der Waals surface area contributed by atoms with E-state index in [1.165, 1.54) is 37.7 Å². The number of aliphatic hydroxyl groups is 4. The van der Waals surface area contributed by atoms with Crippen LogP contribution >= 0.6 is 0 Å². The number of hydrogen-bond donors (Lipinski definition) is 12. The van der Waals surface area contributed by atoms with Crippen molar-refractivity contribution < 1.29 is 87.8 Å². The molecule has 2 aliphatic heterocycles. The molecule has 0 aromatic rings. The molecule has 16 N–H and O–H groups in total. The number of guanidine groups is 2. The highest BCUT2D eigenvalue weighted by molar-refractivity contribution is 5.86. The fourth-order valence-electron chi connectivity index (χ4n) is 7.35. The van der Waals surface area contributed by atoms with E-state index < -0.39 is 133 Å². The highest BCUT2D eigenvalue weighted by Crippen LogP contribution is 2.29. The number of carbonyl (C=O) groups excluding carboxylic acids is 4. The molecule has 4 amide bonds. The number of carbonyl (C=O) groups is 6. The molecule has 0 fully saturated rings. The first-order chi connectivity index (χ1) is 33.0. The SMILES string of the molecule is CC(=O)N[C@H]1[C@H]([C@H](OC(=O)N(C)CCCOCCCC(C)CCCOCCCN(C)C(=O)O[C@@H]([C@@H]2OC(C(=O)O)=C[C@H](N=C(N)N)[C@H]2NC(C)=O)[C@H](O)CO)[C@H](O)CO)OC(C(=O)O)=C[C@@H]1N=C(N)N. The average Bonchev–Trinajstić information content (AvgIpc) is 3.28. The molecule has 0 radical (unpaired) electrons. The minimum atomic E-state index is -1.76. The topological polar surface area (TPSA) is 439 Å². The number of hydrogen-bond acceptors (Lipinski definition) is 18. The molecule has 2 heterocycles. The van der Waals surface area contributed by atoms with Gasteiger partial charge in [-0.3, -0.25) is 9.59 Å². The fourth-order valence-corrected chi connectivity index (χ4v) is 7.35. The van der Waals surface area contributed by atoms with Crippen LogP contribution in [0.3, 0.4) is 0 Å². The Morgan fingerprint density at radius 3 is 1.30 bits per heavy atom. The maximum absolute atomic E-state index is 13.1. The summed E-state index contributed by atoms with van der Waals surface area (Å²) >= 11 is 0. The van der Waals surface area contributed by atoms with Crippen LogP contribution in [0.25, 0.3) is 0 Å². The summed E-state index contributed by atoms with van der Waals surface area (Å²) in [5, 5.41) is 65.2. The summed E-state index contributed by atoms with van der Waals surface area (Å²) in [6.45, 7) is 4.52. The maximum Gasteiger partial charge on any atom is 0.410 e. The van der Waals surface area contributed by atoms with Crippen molar-refractivity contribution in [3.63, 3.8) is 0 Å². The van der Waals surface area contributed by atoms with Gasteiger partial charge in [0.1, 0.15) is 12.2 Å². The molecule has 10 atom stereocenters. The number of ether oxygens (including phenoxy) is 6. The number of nitrogens with two attached hydrogens (primary N) is 4. The van der Waals surface area contributed by atoms with Crippen LogP contribution in [0.15, 0.2) is 33.7 Å². The standard InChI is InChI=1S/C42H72N10O18/c1-22(10-6-14-65-16-8-12-51(4)41(63)69-33(27(57)20-53)35-31(47-23(2)55)25(49-39(43)44)18-29(67-35)37(59)60)11-7-15-66-17-9-13-52(5)42(64)70-34(28(58)21-54)36-32(48-24(3)56)26(50-40(45)46)19-30(68-36)38(61)62/h18-19,22,25-28,31-36,53-54,57-58H,6-17,20-21H2,1-5H3,(H,47,55)(H,48,56)(H,59,60)(H,61,62)(H4,43,44,49)(H4,45,46,50)/t25-,26-,27+,28+,31+,32+,33+,34+,35+,36+/m0/s1. The number of aliphatic carboxylic acids is 2. The molecule has 398 valence electrons. The summed E-state index contributed by atoms with van der Waals surface area (Å²) in [5.74, 6) is -6.01. The van der Waals surface area contributed by atoms with Crippen LogP contribution in [-0.4, -0.2) is 216 Å². The lowest BCUT2D eigenvalue weighted by molar-refractivity contribution is -0.147. The lowest BCUT2D eigenvalue weighted by Gasteiger charge is -2.40. The van der Waals surface area contributed by atoms with Crippen molar-refractivity contribution in [2.75, 3.05) is 66.8 Å². The zero-order chi connectivity index (χ0) is 52.7. The summed E-state index contributed by atoms with van der Waals surface area (Å²) in [5.41, 5.74) is 22.1. The largest absolute Gasteiger partial charge is 0.477 e. The van der Waals surface area contributed by atoms with Gasteiger partial charge in [0.25, 0.3) is 0 Å². The molecule has 0 bridgehead atoms. The van der Waals surface area contributed by atoms with Crippen LogP contribution < -0.4 is 33.6 Å². The van der Waals surface area contributed by atoms with Crippen molar-refractivity contribution in [2.24, 2.45) is 38.8 Å². The van der Waals surface area contributed by atoms with Crippen LogP contribution in [0, 0.1) is 5.92 Å². The second kappa shape index (κ2) is 30.4. The van der Waals surface area contributed by atoms with Gasteiger partial charge < -0.3 is 102 Å². The molecule has 2 rings (SSSR count). The van der Waals surface area contributed by atoms with Gasteiger partial charge in [-0.1, -0.05) is 6.92 Å². The maximum atomic E-state index is 13.1. The first-order valence-electron chi connectivity index (χ1n) is 22.5. The first-order valence-corrected chi connectivity index (χ1v) is 22.5. The van der Waals surface area contributed by atoms with E-state index in [-0.39, 0.29) is 13.1 Å². The van der Waals surface area contributed by atoms with Crippen LogP contribution in [0.4, 0.5) is 9.59 Å². The second-order valence-electron chi connectivity index (χ2n) is 16.7. The summed E-state index contributed by atoms with van der Waals surface area (Å²) in [6.07, 6.45) is -5.58. The van der Waals surface area contributed by atoms with Crippen molar-refractivity contribution >= 4 is 47.9 Å². The highest BCUT2D eigenvalue weighted by Gasteiger charge is 2.48. The Hall–Kier alpha value is -6.20. The average molecular weight is 1010 g/mol. The van der Waals surface area contributed by atoms with E-state index in [2.05, 4.69) is 27.5 Å². The third kappa shape index (κ3) is 20.4. The summed E-state index contributed by atoms with van der Waals surface area (Å²) < 4.78 is 33.6. The van der Waals surface area contributed by atoms with Gasteiger partial charge in [0.15, 0.2) is 36.3 Å². The monoisotopic (exact) mass is 1000 g/mol. The predicted octanol–water partition coefficient (Wildman–Crippen LogP) is -3.40. The fraction of sp³-hybridized carbons (Fsp3) is 0.714. The molecule has 2 aliphatic rings. The molecular formula is C42H72N10O18. The van der Waals surface area contributed by atoms with E-state index in [1.54, 1.807) is 0 Å². The molecule has 0 spiro atoms. The van der Waals surface area contributed by atoms with E-state index in [9.17, 15) is 59.4 Å². The van der Waals surface area contributed by atoms with Gasteiger partial charge in [0.2, 0.25) is 23.3 Å². The Balaban J connectivity index is 1.75. The van der Waals surface area contributed by atoms with Crippen molar-refractivity contribution in [1.29, 1.82) is 0 Å². The van der Waals surface area contributed by atoms with Gasteiger partial charge in [-0.05, 0) is 56.6 Å².